The number of halogens is 2. The van der Waals surface area contributed by atoms with Gasteiger partial charge in [-0.1, -0.05) is 29.4 Å². The van der Waals surface area contributed by atoms with Gasteiger partial charge < -0.3 is 4.52 Å². The van der Waals surface area contributed by atoms with Gasteiger partial charge in [0.25, 0.3) is 0 Å². The van der Waals surface area contributed by atoms with E-state index in [1.165, 1.54) is 28.6 Å². The zero-order valence-electron chi connectivity index (χ0n) is 15.5. The largest absolute Gasteiger partial charge is 0.339 e. The van der Waals surface area contributed by atoms with Crippen LogP contribution in [0.4, 0.5) is 8.78 Å². The fourth-order valence-electron chi connectivity index (χ4n) is 3.54. The summed E-state index contributed by atoms with van der Waals surface area (Å²) in [5.74, 6) is -0.789. The minimum Gasteiger partial charge on any atom is -0.339 e. The number of hydrogen-bond donors (Lipinski definition) is 0. The molecule has 1 aromatic heterocycles. The Morgan fingerprint density at radius 2 is 1.79 bits per heavy atom. The minimum absolute atomic E-state index is 0.0563. The Morgan fingerprint density at radius 3 is 2.55 bits per heavy atom. The molecule has 0 amide bonds. The summed E-state index contributed by atoms with van der Waals surface area (Å²) in [6, 6.07) is 11.5. The van der Waals surface area contributed by atoms with Gasteiger partial charge in [-0.25, -0.2) is 17.2 Å². The van der Waals surface area contributed by atoms with Gasteiger partial charge in [0, 0.05) is 19.5 Å². The smallest absolute Gasteiger partial charge is 0.245 e. The van der Waals surface area contributed by atoms with E-state index in [9.17, 15) is 17.2 Å². The standard InChI is InChI=1S/C20H19F2N3O3S/c21-16-8-2-1-7-15(16)20-23-19(28-24-20)12-14-6-5-11-25(13-14)29(26,27)18-10-4-3-9-17(18)22/h1-4,7-10,14H,5-6,11-13H2. The minimum atomic E-state index is -3.92. The molecule has 1 fully saturated rings. The molecule has 1 unspecified atom stereocenters. The monoisotopic (exact) mass is 419 g/mol. The van der Waals surface area contributed by atoms with E-state index >= 15 is 0 Å². The van der Waals surface area contributed by atoms with Gasteiger partial charge in [0.15, 0.2) is 0 Å². The third-order valence-electron chi connectivity index (χ3n) is 4.98. The molecule has 152 valence electrons. The van der Waals surface area contributed by atoms with Crippen molar-refractivity contribution in [2.75, 3.05) is 13.1 Å². The lowest BCUT2D eigenvalue weighted by Crippen LogP contribution is -2.40. The third-order valence-corrected chi connectivity index (χ3v) is 6.88. The second kappa shape index (κ2) is 8.00. The maximum atomic E-state index is 14.0. The Bertz CT molecular complexity index is 1120. The first-order valence-corrected chi connectivity index (χ1v) is 10.7. The van der Waals surface area contributed by atoms with Gasteiger partial charge in [-0.15, -0.1) is 0 Å². The summed E-state index contributed by atoms with van der Waals surface area (Å²) < 4.78 is 60.1. The first-order valence-electron chi connectivity index (χ1n) is 9.27. The topological polar surface area (TPSA) is 76.3 Å². The van der Waals surface area contributed by atoms with Crippen LogP contribution < -0.4 is 0 Å². The maximum Gasteiger partial charge on any atom is 0.245 e. The number of rotatable bonds is 5. The molecule has 1 aliphatic heterocycles. The van der Waals surface area contributed by atoms with E-state index in [2.05, 4.69) is 10.1 Å². The van der Waals surface area contributed by atoms with Crippen LogP contribution in [0.1, 0.15) is 18.7 Å². The molecule has 2 heterocycles. The van der Waals surface area contributed by atoms with E-state index in [0.29, 0.717) is 25.3 Å². The van der Waals surface area contributed by atoms with E-state index < -0.39 is 21.7 Å². The zero-order valence-corrected chi connectivity index (χ0v) is 16.3. The summed E-state index contributed by atoms with van der Waals surface area (Å²) in [4.78, 5) is 3.93. The highest BCUT2D eigenvalue weighted by atomic mass is 32.2. The number of sulfonamides is 1. The molecule has 0 aliphatic carbocycles. The van der Waals surface area contributed by atoms with Crippen molar-refractivity contribution in [3.8, 4) is 11.4 Å². The number of benzene rings is 2. The molecule has 4 rings (SSSR count). The van der Waals surface area contributed by atoms with E-state index in [1.807, 2.05) is 0 Å². The van der Waals surface area contributed by atoms with Crippen molar-refractivity contribution >= 4 is 10.0 Å². The van der Waals surface area contributed by atoms with Crippen LogP contribution in [0.3, 0.4) is 0 Å². The highest BCUT2D eigenvalue weighted by Gasteiger charge is 2.32. The average molecular weight is 419 g/mol. The van der Waals surface area contributed by atoms with Crippen molar-refractivity contribution in [3.05, 3.63) is 66.1 Å². The lowest BCUT2D eigenvalue weighted by Gasteiger charge is -2.31. The number of hydrogen-bond acceptors (Lipinski definition) is 5. The van der Waals surface area contributed by atoms with Crippen molar-refractivity contribution < 1.29 is 21.7 Å². The third kappa shape index (κ3) is 4.06. The molecule has 1 aliphatic rings. The quantitative estimate of drug-likeness (QED) is 0.631. The molecule has 0 bridgehead atoms. The van der Waals surface area contributed by atoms with Crippen molar-refractivity contribution in [1.29, 1.82) is 0 Å². The summed E-state index contributed by atoms with van der Waals surface area (Å²) in [7, 11) is -3.92. The lowest BCUT2D eigenvalue weighted by molar-refractivity contribution is 0.246. The average Bonchev–Trinajstić information content (AvgIpc) is 3.17. The van der Waals surface area contributed by atoms with Crippen LogP contribution in [-0.4, -0.2) is 36.0 Å². The molecule has 0 N–H and O–H groups in total. The SMILES string of the molecule is O=S(=O)(c1ccccc1F)N1CCCC(Cc2nc(-c3ccccc3F)no2)C1. The fourth-order valence-corrected chi connectivity index (χ4v) is 5.16. The van der Waals surface area contributed by atoms with E-state index in [1.54, 1.807) is 18.2 Å². The fraction of sp³-hybridized carbons (Fsp3) is 0.300. The van der Waals surface area contributed by atoms with Gasteiger partial charge in [-0.3, -0.25) is 0 Å². The molecule has 0 radical (unpaired) electrons. The first-order chi connectivity index (χ1) is 13.9. The predicted octanol–water partition coefficient (Wildman–Crippen LogP) is 3.66. The van der Waals surface area contributed by atoms with Crippen LogP contribution in [0.15, 0.2) is 57.9 Å². The maximum absolute atomic E-state index is 14.0. The molecule has 29 heavy (non-hydrogen) atoms. The van der Waals surface area contributed by atoms with Crippen LogP contribution in [0.25, 0.3) is 11.4 Å². The molecular formula is C20H19F2N3O3S. The first kappa shape index (κ1) is 19.7. The number of aromatic nitrogens is 2. The van der Waals surface area contributed by atoms with Crippen molar-refractivity contribution in [1.82, 2.24) is 14.4 Å². The summed E-state index contributed by atoms with van der Waals surface area (Å²) in [5.41, 5.74) is 0.245. The predicted molar refractivity (Wildman–Crippen MR) is 101 cm³/mol. The lowest BCUT2D eigenvalue weighted by atomic mass is 9.96. The Hall–Kier alpha value is -2.65. The second-order valence-electron chi connectivity index (χ2n) is 7.00. The molecule has 0 spiro atoms. The van der Waals surface area contributed by atoms with E-state index in [0.717, 1.165) is 12.5 Å². The summed E-state index contributed by atoms with van der Waals surface area (Å²) >= 11 is 0. The highest BCUT2D eigenvalue weighted by molar-refractivity contribution is 7.89. The molecule has 1 saturated heterocycles. The Morgan fingerprint density at radius 1 is 1.07 bits per heavy atom. The van der Waals surface area contributed by atoms with Gasteiger partial charge in [-0.05, 0) is 43.0 Å². The van der Waals surface area contributed by atoms with Crippen LogP contribution in [0.5, 0.6) is 0 Å². The molecular weight excluding hydrogens is 400 g/mol. The Balaban J connectivity index is 1.49. The summed E-state index contributed by atoms with van der Waals surface area (Å²) in [6.45, 7) is 0.561. The molecule has 9 heteroatoms. The van der Waals surface area contributed by atoms with Gasteiger partial charge in [0.05, 0.1) is 5.56 Å². The molecule has 3 aromatic rings. The number of piperidine rings is 1. The van der Waals surface area contributed by atoms with Crippen LogP contribution in [-0.2, 0) is 16.4 Å². The normalized spacial score (nSPS) is 18.1. The second-order valence-corrected chi connectivity index (χ2v) is 8.90. The summed E-state index contributed by atoms with van der Waals surface area (Å²) in [6.07, 6.45) is 1.79. The van der Waals surface area contributed by atoms with Gasteiger partial charge in [0.1, 0.15) is 16.5 Å². The summed E-state index contributed by atoms with van der Waals surface area (Å²) in [5, 5.41) is 3.83. The molecule has 2 aromatic carbocycles. The zero-order chi connectivity index (χ0) is 20.4. The Kier molecular flexibility index (Phi) is 5.42. The van der Waals surface area contributed by atoms with Gasteiger partial charge in [-0.2, -0.15) is 9.29 Å². The van der Waals surface area contributed by atoms with Crippen molar-refractivity contribution in [3.63, 3.8) is 0 Å². The van der Waals surface area contributed by atoms with Gasteiger partial charge in [0.2, 0.25) is 21.7 Å². The van der Waals surface area contributed by atoms with E-state index in [4.69, 9.17) is 4.52 Å². The van der Waals surface area contributed by atoms with Crippen molar-refractivity contribution in [2.24, 2.45) is 5.92 Å². The van der Waals surface area contributed by atoms with Crippen molar-refractivity contribution in [2.45, 2.75) is 24.2 Å². The van der Waals surface area contributed by atoms with Crippen LogP contribution in [0.2, 0.25) is 0 Å². The van der Waals surface area contributed by atoms with Gasteiger partial charge >= 0.3 is 0 Å². The van der Waals surface area contributed by atoms with Crippen LogP contribution >= 0.6 is 0 Å². The Labute approximate surface area is 167 Å². The molecule has 1 atom stereocenters. The highest BCUT2D eigenvalue weighted by Crippen LogP contribution is 2.27. The number of nitrogens with zero attached hydrogens (tertiary/aromatic N) is 3. The molecule has 0 saturated carbocycles. The van der Waals surface area contributed by atoms with Crippen LogP contribution in [0, 0.1) is 17.6 Å². The molecule has 6 nitrogen and oxygen atoms in total. The van der Waals surface area contributed by atoms with E-state index in [-0.39, 0.29) is 28.7 Å².